The topological polar surface area (TPSA) is 26.3 Å². The molecule has 0 saturated carbocycles. The smallest absolute Gasteiger partial charge is 0.163 e. The molecule has 0 radical (unpaired) electrons. The standard InChI is InChI=1S/C11H12O.C7H6O/c1-8-5-6-10-9(7-8)3-2-4-11(10)12;1-8-7-4-5-2-3-6(5)7/h5-7H,2-4H2,1H3;2-4H,1H3. The molecule has 0 N–H and O–H groups in total. The normalized spacial score (nSPS) is 14.0. The molecule has 0 saturated heterocycles. The van der Waals surface area contributed by atoms with Crippen LogP contribution in [0.4, 0.5) is 0 Å². The van der Waals surface area contributed by atoms with Crippen LogP contribution in [0, 0.1) is 17.4 Å². The molecule has 0 unspecified atom stereocenters. The number of rotatable bonds is 1. The van der Waals surface area contributed by atoms with Gasteiger partial charge < -0.3 is 4.74 Å². The number of Topliss-reactive ketones (excluding diaryl/α,β-unsaturated/α-hetero) is 1. The number of benzene rings is 2. The summed E-state index contributed by atoms with van der Waals surface area (Å²) in [5.41, 5.74) is 3.45. The molecule has 0 aliphatic heterocycles. The molecule has 0 amide bonds. The lowest BCUT2D eigenvalue weighted by molar-refractivity contribution is 0.0972. The highest BCUT2D eigenvalue weighted by molar-refractivity contribution is 5.98. The number of carbonyl (C=O) groups excluding carboxylic acids is 1. The van der Waals surface area contributed by atoms with Gasteiger partial charge in [0.05, 0.1) is 7.11 Å². The second-order valence-electron chi connectivity index (χ2n) is 5.35. The van der Waals surface area contributed by atoms with E-state index in [2.05, 4.69) is 25.1 Å². The highest BCUT2D eigenvalue weighted by Gasteiger charge is 2.15. The molecule has 0 aromatic heterocycles. The molecule has 0 spiro atoms. The van der Waals surface area contributed by atoms with Gasteiger partial charge in [0.25, 0.3) is 0 Å². The fourth-order valence-corrected chi connectivity index (χ4v) is 2.70. The molecule has 0 atom stereocenters. The number of aryl methyl sites for hydroxylation is 2. The molecule has 1 aromatic rings. The SMILES string of the molecule is COc1cc2ccc1=2.Cc1ccc2c(c1)CCCC2=O. The summed E-state index contributed by atoms with van der Waals surface area (Å²) in [7, 11) is 1.70. The molecule has 4 rings (SSSR count). The summed E-state index contributed by atoms with van der Waals surface area (Å²) < 4.78 is 4.97. The Morgan fingerprint density at radius 3 is 2.45 bits per heavy atom. The predicted molar refractivity (Wildman–Crippen MR) is 79.1 cm³/mol. The van der Waals surface area contributed by atoms with Crippen LogP contribution in [0.5, 0.6) is 5.75 Å². The van der Waals surface area contributed by atoms with E-state index in [1.54, 1.807) is 7.11 Å². The minimum Gasteiger partial charge on any atom is -0.496 e. The fraction of sp³-hybridized carbons (Fsp3) is 0.278. The second kappa shape index (κ2) is 5.12. The largest absolute Gasteiger partial charge is 0.496 e. The monoisotopic (exact) mass is 266 g/mol. The van der Waals surface area contributed by atoms with Crippen LogP contribution in [0.1, 0.15) is 34.3 Å². The number of ketones is 1. The molecule has 1 aromatic carbocycles. The molecule has 2 nitrogen and oxygen atoms in total. The van der Waals surface area contributed by atoms with Crippen molar-refractivity contribution in [1.82, 2.24) is 0 Å². The average molecular weight is 266 g/mol. The first-order valence-electron chi connectivity index (χ1n) is 7.00. The zero-order chi connectivity index (χ0) is 14.1. The van der Waals surface area contributed by atoms with Crippen molar-refractivity contribution < 1.29 is 9.53 Å². The third kappa shape index (κ3) is 2.22. The Labute approximate surface area is 118 Å². The van der Waals surface area contributed by atoms with Crippen molar-refractivity contribution in [2.45, 2.75) is 26.2 Å². The number of fused-ring (bicyclic) bond motifs is 1. The van der Waals surface area contributed by atoms with E-state index in [1.165, 1.54) is 21.6 Å². The van der Waals surface area contributed by atoms with Gasteiger partial charge in [-0.3, -0.25) is 4.79 Å². The van der Waals surface area contributed by atoms with Gasteiger partial charge in [-0.05, 0) is 36.6 Å². The molecule has 20 heavy (non-hydrogen) atoms. The molecule has 0 fully saturated rings. The van der Waals surface area contributed by atoms with Gasteiger partial charge in [0.15, 0.2) is 5.78 Å². The van der Waals surface area contributed by atoms with Crippen molar-refractivity contribution in [2.75, 3.05) is 7.11 Å². The molecule has 0 heterocycles. The van der Waals surface area contributed by atoms with Crippen molar-refractivity contribution in [3.63, 3.8) is 0 Å². The Balaban J connectivity index is 0.000000131. The molecule has 102 valence electrons. The van der Waals surface area contributed by atoms with Crippen molar-refractivity contribution >= 4 is 5.78 Å². The third-order valence-corrected chi connectivity index (χ3v) is 3.92. The van der Waals surface area contributed by atoms with Gasteiger partial charge >= 0.3 is 0 Å². The zero-order valence-corrected chi connectivity index (χ0v) is 11.9. The van der Waals surface area contributed by atoms with E-state index >= 15 is 0 Å². The maximum atomic E-state index is 11.4. The first kappa shape index (κ1) is 12.9. The van der Waals surface area contributed by atoms with Gasteiger partial charge in [-0.2, -0.15) is 0 Å². The van der Waals surface area contributed by atoms with Crippen LogP contribution in [0.2, 0.25) is 0 Å². The Morgan fingerprint density at radius 1 is 1.05 bits per heavy atom. The van der Waals surface area contributed by atoms with Crippen LogP contribution in [-0.2, 0) is 6.42 Å². The average Bonchev–Trinajstić information content (AvgIpc) is 2.42. The number of hydrogen-bond donors (Lipinski definition) is 0. The van der Waals surface area contributed by atoms with Crippen molar-refractivity contribution in [3.8, 4) is 5.75 Å². The van der Waals surface area contributed by atoms with Gasteiger partial charge in [-0.15, -0.1) is 0 Å². The minimum absolute atomic E-state index is 0.316. The first-order valence-corrected chi connectivity index (χ1v) is 7.00. The Bertz CT molecular complexity index is 759. The van der Waals surface area contributed by atoms with E-state index in [0.29, 0.717) is 5.78 Å². The maximum absolute atomic E-state index is 11.4. The Hall–Kier alpha value is -2.09. The van der Waals surface area contributed by atoms with Crippen LogP contribution < -0.4 is 4.74 Å². The zero-order valence-electron chi connectivity index (χ0n) is 11.9. The lowest BCUT2D eigenvalue weighted by atomic mass is 9.90. The summed E-state index contributed by atoms with van der Waals surface area (Å²) in [6.45, 7) is 2.07. The predicted octanol–water partition coefficient (Wildman–Crippen LogP) is 3.81. The van der Waals surface area contributed by atoms with Gasteiger partial charge in [-0.1, -0.05) is 35.9 Å². The number of carbonyl (C=O) groups is 1. The first-order chi connectivity index (χ1) is 9.69. The van der Waals surface area contributed by atoms with E-state index in [1.807, 2.05) is 18.2 Å². The van der Waals surface area contributed by atoms with Crippen LogP contribution in [0.25, 0.3) is 0 Å². The summed E-state index contributed by atoms with van der Waals surface area (Å²) in [6.07, 6.45) is 2.83. The number of methoxy groups -OCH3 is 1. The van der Waals surface area contributed by atoms with Gasteiger partial charge in [-0.25, -0.2) is 0 Å². The van der Waals surface area contributed by atoms with Gasteiger partial charge in [0, 0.05) is 17.2 Å². The quantitative estimate of drug-likeness (QED) is 0.669. The van der Waals surface area contributed by atoms with Crippen molar-refractivity contribution in [2.24, 2.45) is 0 Å². The van der Waals surface area contributed by atoms with Crippen molar-refractivity contribution in [3.05, 3.63) is 63.5 Å². The van der Waals surface area contributed by atoms with Gasteiger partial charge in [0.1, 0.15) is 5.75 Å². The molecule has 0 bridgehead atoms. The molecule has 3 aliphatic rings. The highest BCUT2D eigenvalue weighted by Crippen LogP contribution is 2.23. The lowest BCUT2D eigenvalue weighted by Crippen LogP contribution is -2.10. The van der Waals surface area contributed by atoms with E-state index in [4.69, 9.17) is 4.74 Å². The Kier molecular flexibility index (Phi) is 3.31. The third-order valence-electron chi connectivity index (χ3n) is 3.92. The van der Waals surface area contributed by atoms with Crippen LogP contribution in [0.3, 0.4) is 0 Å². The van der Waals surface area contributed by atoms with Crippen LogP contribution in [0.15, 0.2) is 36.4 Å². The summed E-state index contributed by atoms with van der Waals surface area (Å²) in [5.74, 6) is 1.35. The Morgan fingerprint density at radius 2 is 1.90 bits per heavy atom. The van der Waals surface area contributed by atoms with Crippen LogP contribution >= 0.6 is 0 Å². The van der Waals surface area contributed by atoms with Gasteiger partial charge in [0.2, 0.25) is 0 Å². The van der Waals surface area contributed by atoms with E-state index in [0.717, 1.165) is 30.6 Å². The molecule has 2 heteroatoms. The van der Waals surface area contributed by atoms with E-state index < -0.39 is 0 Å². The second-order valence-corrected chi connectivity index (χ2v) is 5.35. The summed E-state index contributed by atoms with van der Waals surface area (Å²) >= 11 is 0. The molecule has 3 aliphatic carbocycles. The minimum atomic E-state index is 0.316. The fourth-order valence-electron chi connectivity index (χ4n) is 2.70. The van der Waals surface area contributed by atoms with Crippen molar-refractivity contribution in [1.29, 1.82) is 0 Å². The van der Waals surface area contributed by atoms with E-state index in [9.17, 15) is 4.79 Å². The summed E-state index contributed by atoms with van der Waals surface area (Å²) in [4.78, 5) is 11.4. The van der Waals surface area contributed by atoms with Crippen LogP contribution in [-0.4, -0.2) is 12.9 Å². The summed E-state index contributed by atoms with van der Waals surface area (Å²) in [6, 6.07) is 12.3. The number of hydrogen-bond acceptors (Lipinski definition) is 2. The highest BCUT2D eigenvalue weighted by atomic mass is 16.5. The molecular weight excluding hydrogens is 248 g/mol. The van der Waals surface area contributed by atoms with E-state index in [-0.39, 0.29) is 0 Å². The number of ether oxygens (including phenoxy) is 1. The lowest BCUT2D eigenvalue weighted by Gasteiger charge is -2.14. The summed E-state index contributed by atoms with van der Waals surface area (Å²) in [5, 5.41) is 2.62. The maximum Gasteiger partial charge on any atom is 0.163 e. The molecular formula is C18H18O2.